The number of piperidine rings is 1. The quantitative estimate of drug-likeness (QED) is 0.840. The van der Waals surface area contributed by atoms with Crippen molar-refractivity contribution in [2.45, 2.75) is 90.1 Å². The molecule has 0 aromatic rings. The molecule has 0 spiro atoms. The van der Waals surface area contributed by atoms with Crippen LogP contribution in [0.3, 0.4) is 0 Å². The first-order valence-corrected chi connectivity index (χ1v) is 9.19. The zero-order chi connectivity index (χ0) is 15.2. The minimum atomic E-state index is 0.107. The van der Waals surface area contributed by atoms with Gasteiger partial charge >= 0.3 is 0 Å². The first-order chi connectivity index (χ1) is 10.1. The highest BCUT2D eigenvalue weighted by atomic mass is 16.2. The largest absolute Gasteiger partial charge is 0.338 e. The number of rotatable bonds is 5. The van der Waals surface area contributed by atoms with Crippen LogP contribution in [0, 0.1) is 11.8 Å². The molecular formula is C18H34N2O. The number of hydrogen-bond acceptors (Lipinski definition) is 2. The van der Waals surface area contributed by atoms with E-state index >= 15 is 0 Å². The van der Waals surface area contributed by atoms with Gasteiger partial charge in [0.05, 0.1) is 0 Å². The fourth-order valence-corrected chi connectivity index (χ4v) is 4.20. The Bertz CT molecular complexity index is 321. The fourth-order valence-electron chi connectivity index (χ4n) is 4.20. The molecule has 1 amide bonds. The van der Waals surface area contributed by atoms with E-state index in [1.165, 1.54) is 38.5 Å². The van der Waals surface area contributed by atoms with Crippen LogP contribution in [0.25, 0.3) is 0 Å². The summed E-state index contributed by atoms with van der Waals surface area (Å²) in [5, 5.41) is 0. The van der Waals surface area contributed by atoms with E-state index in [2.05, 4.69) is 18.7 Å². The monoisotopic (exact) mass is 294 g/mol. The minimum Gasteiger partial charge on any atom is -0.338 e. The fraction of sp³-hybridized carbons (Fsp3) is 0.944. The molecule has 0 aromatic carbocycles. The SMILES string of the molecule is CCCCC1CCC(C(=O)N2CCCCC2C(C)N)CC1. The molecule has 2 unspecified atom stereocenters. The summed E-state index contributed by atoms with van der Waals surface area (Å²) in [7, 11) is 0. The third kappa shape index (κ3) is 4.45. The Morgan fingerprint density at radius 2 is 1.90 bits per heavy atom. The first kappa shape index (κ1) is 16.8. The number of likely N-dealkylation sites (tertiary alicyclic amines) is 1. The maximum Gasteiger partial charge on any atom is 0.225 e. The van der Waals surface area contributed by atoms with Crippen molar-refractivity contribution in [3.8, 4) is 0 Å². The molecule has 21 heavy (non-hydrogen) atoms. The second-order valence-corrected chi connectivity index (χ2v) is 7.31. The van der Waals surface area contributed by atoms with Crippen molar-refractivity contribution in [1.29, 1.82) is 0 Å². The van der Waals surface area contributed by atoms with Crippen LogP contribution in [-0.4, -0.2) is 29.4 Å². The van der Waals surface area contributed by atoms with E-state index in [0.29, 0.717) is 5.91 Å². The van der Waals surface area contributed by atoms with E-state index in [1.54, 1.807) is 0 Å². The Labute approximate surface area is 130 Å². The molecule has 2 rings (SSSR count). The lowest BCUT2D eigenvalue weighted by molar-refractivity contribution is -0.141. The molecule has 1 aliphatic heterocycles. The highest BCUT2D eigenvalue weighted by molar-refractivity contribution is 5.79. The Balaban J connectivity index is 1.85. The highest BCUT2D eigenvalue weighted by Crippen LogP contribution is 2.34. The highest BCUT2D eigenvalue weighted by Gasteiger charge is 2.34. The van der Waals surface area contributed by atoms with Crippen LogP contribution in [0.2, 0.25) is 0 Å². The van der Waals surface area contributed by atoms with Crippen LogP contribution in [0.5, 0.6) is 0 Å². The molecule has 1 heterocycles. The predicted molar refractivity (Wildman–Crippen MR) is 88.0 cm³/mol. The van der Waals surface area contributed by atoms with E-state index in [0.717, 1.165) is 38.1 Å². The summed E-state index contributed by atoms with van der Waals surface area (Å²) in [5.74, 6) is 1.56. The van der Waals surface area contributed by atoms with E-state index in [9.17, 15) is 4.79 Å². The Morgan fingerprint density at radius 3 is 2.52 bits per heavy atom. The molecule has 0 aromatic heterocycles. The summed E-state index contributed by atoms with van der Waals surface area (Å²) in [6.07, 6.45) is 12.2. The van der Waals surface area contributed by atoms with Crippen LogP contribution in [0.4, 0.5) is 0 Å². The Morgan fingerprint density at radius 1 is 1.19 bits per heavy atom. The molecule has 2 N–H and O–H groups in total. The van der Waals surface area contributed by atoms with E-state index in [1.807, 2.05) is 0 Å². The molecule has 2 fully saturated rings. The van der Waals surface area contributed by atoms with Gasteiger partial charge in [0.15, 0.2) is 0 Å². The molecule has 2 atom stereocenters. The van der Waals surface area contributed by atoms with Gasteiger partial charge in [-0.3, -0.25) is 4.79 Å². The molecule has 1 saturated carbocycles. The molecule has 122 valence electrons. The van der Waals surface area contributed by atoms with Gasteiger partial charge in [0.25, 0.3) is 0 Å². The maximum absolute atomic E-state index is 12.9. The van der Waals surface area contributed by atoms with Crippen molar-refractivity contribution in [1.82, 2.24) is 4.90 Å². The summed E-state index contributed by atoms with van der Waals surface area (Å²) in [6, 6.07) is 0.388. The first-order valence-electron chi connectivity index (χ1n) is 9.19. The standard InChI is InChI=1S/C18H34N2O/c1-3-4-7-15-9-11-16(12-10-15)18(21)20-13-6-5-8-17(20)14(2)19/h14-17H,3-13,19H2,1-2H3. The maximum atomic E-state index is 12.9. The average Bonchev–Trinajstić information content (AvgIpc) is 2.52. The summed E-state index contributed by atoms with van der Waals surface area (Å²) in [5.41, 5.74) is 6.11. The second kappa shape index (κ2) is 8.17. The van der Waals surface area contributed by atoms with Gasteiger partial charge in [-0.15, -0.1) is 0 Å². The number of carbonyl (C=O) groups is 1. The number of carbonyl (C=O) groups excluding carboxylic acids is 1. The minimum absolute atomic E-state index is 0.107. The topological polar surface area (TPSA) is 46.3 Å². The summed E-state index contributed by atoms with van der Waals surface area (Å²) in [6.45, 7) is 5.25. The van der Waals surface area contributed by atoms with Gasteiger partial charge in [0.2, 0.25) is 5.91 Å². The van der Waals surface area contributed by atoms with Gasteiger partial charge in [-0.1, -0.05) is 26.2 Å². The molecule has 1 saturated heterocycles. The summed E-state index contributed by atoms with van der Waals surface area (Å²) >= 11 is 0. The van der Waals surface area contributed by atoms with Crippen LogP contribution in [0.1, 0.15) is 78.1 Å². The predicted octanol–water partition coefficient (Wildman–Crippen LogP) is 3.71. The zero-order valence-corrected chi connectivity index (χ0v) is 14.0. The number of hydrogen-bond donors (Lipinski definition) is 1. The third-order valence-corrected chi connectivity index (χ3v) is 5.60. The number of nitrogens with two attached hydrogens (primary N) is 1. The van der Waals surface area contributed by atoms with E-state index in [4.69, 9.17) is 5.73 Å². The Kier molecular flexibility index (Phi) is 6.53. The smallest absolute Gasteiger partial charge is 0.225 e. The van der Waals surface area contributed by atoms with Crippen molar-refractivity contribution >= 4 is 5.91 Å². The van der Waals surface area contributed by atoms with Crippen LogP contribution in [-0.2, 0) is 4.79 Å². The lowest BCUT2D eigenvalue weighted by atomic mass is 9.78. The van der Waals surface area contributed by atoms with Gasteiger partial charge in [-0.2, -0.15) is 0 Å². The average molecular weight is 294 g/mol. The lowest BCUT2D eigenvalue weighted by Gasteiger charge is -2.41. The van der Waals surface area contributed by atoms with Gasteiger partial charge < -0.3 is 10.6 Å². The van der Waals surface area contributed by atoms with Crippen LogP contribution >= 0.6 is 0 Å². The Hall–Kier alpha value is -0.570. The van der Waals surface area contributed by atoms with Crippen molar-refractivity contribution in [2.75, 3.05) is 6.54 Å². The summed E-state index contributed by atoms with van der Waals surface area (Å²) in [4.78, 5) is 15.0. The van der Waals surface area contributed by atoms with E-state index in [-0.39, 0.29) is 18.0 Å². The molecule has 0 radical (unpaired) electrons. The van der Waals surface area contributed by atoms with Gasteiger partial charge in [0.1, 0.15) is 0 Å². The molecule has 2 aliphatic rings. The normalized spacial score (nSPS) is 32.0. The number of unbranched alkanes of at least 4 members (excludes halogenated alkanes) is 1. The van der Waals surface area contributed by atoms with Crippen molar-refractivity contribution < 1.29 is 4.79 Å². The van der Waals surface area contributed by atoms with Gasteiger partial charge in [-0.25, -0.2) is 0 Å². The van der Waals surface area contributed by atoms with Crippen LogP contribution in [0.15, 0.2) is 0 Å². The van der Waals surface area contributed by atoms with Crippen molar-refractivity contribution in [2.24, 2.45) is 17.6 Å². The van der Waals surface area contributed by atoms with Crippen molar-refractivity contribution in [3.05, 3.63) is 0 Å². The van der Waals surface area contributed by atoms with Crippen LogP contribution < -0.4 is 5.73 Å². The molecule has 1 aliphatic carbocycles. The lowest BCUT2D eigenvalue weighted by Crippen LogP contribution is -2.53. The zero-order valence-electron chi connectivity index (χ0n) is 14.0. The molecule has 3 heteroatoms. The number of amides is 1. The molecule has 0 bridgehead atoms. The van der Waals surface area contributed by atoms with Crippen molar-refractivity contribution in [3.63, 3.8) is 0 Å². The van der Waals surface area contributed by atoms with Gasteiger partial charge in [0, 0.05) is 24.5 Å². The number of nitrogens with zero attached hydrogens (tertiary/aromatic N) is 1. The van der Waals surface area contributed by atoms with Gasteiger partial charge in [-0.05, 0) is 57.8 Å². The molecular weight excluding hydrogens is 260 g/mol. The molecule has 3 nitrogen and oxygen atoms in total. The second-order valence-electron chi connectivity index (χ2n) is 7.31. The van der Waals surface area contributed by atoms with E-state index < -0.39 is 0 Å². The third-order valence-electron chi connectivity index (χ3n) is 5.60. The summed E-state index contributed by atoms with van der Waals surface area (Å²) < 4.78 is 0.